The molecule has 0 aliphatic carbocycles. The van der Waals surface area contributed by atoms with E-state index in [-0.39, 0.29) is 31.6 Å². The zero-order valence-electron chi connectivity index (χ0n) is 43.9. The van der Waals surface area contributed by atoms with Crippen LogP contribution >= 0.6 is 0 Å². The molecular weight excluding hydrogens is 829 g/mol. The molecule has 0 aromatic rings. The van der Waals surface area contributed by atoms with E-state index in [0.717, 1.165) is 83.5 Å². The topological polar surface area (TPSA) is 78.9 Å². The van der Waals surface area contributed by atoms with Crippen LogP contribution in [0, 0.1) is 0 Å². The van der Waals surface area contributed by atoms with Crippen LogP contribution in [0.4, 0.5) is 0 Å². The minimum Gasteiger partial charge on any atom is -0.462 e. The van der Waals surface area contributed by atoms with Gasteiger partial charge < -0.3 is 14.2 Å². The lowest BCUT2D eigenvalue weighted by atomic mass is 10.0. The minimum absolute atomic E-state index is 0.109. The molecule has 0 spiro atoms. The Morgan fingerprint density at radius 3 is 1.07 bits per heavy atom. The SMILES string of the molecule is CC/C=C\C/C=C\C/C=C\C/C=C\C/C=C\CC(=O)OCC(COC(=O)CCCCCCCCC/C=C\C/C=C\CCCCC)OC(=O)CCCCCCCCCCCCCCCCCCC. The molecule has 6 nitrogen and oxygen atoms in total. The van der Waals surface area contributed by atoms with Crippen LogP contribution in [0.3, 0.4) is 0 Å². The third-order valence-electron chi connectivity index (χ3n) is 11.9. The van der Waals surface area contributed by atoms with Crippen LogP contribution in [-0.2, 0) is 28.6 Å². The third kappa shape index (κ3) is 53.4. The number of rotatable bonds is 50. The van der Waals surface area contributed by atoms with Crippen molar-refractivity contribution in [2.45, 2.75) is 271 Å². The zero-order chi connectivity index (χ0) is 48.6. The van der Waals surface area contributed by atoms with E-state index < -0.39 is 12.1 Å². The highest BCUT2D eigenvalue weighted by atomic mass is 16.6. The maximum absolute atomic E-state index is 12.8. The molecule has 1 atom stereocenters. The van der Waals surface area contributed by atoms with Crippen molar-refractivity contribution >= 4 is 17.9 Å². The van der Waals surface area contributed by atoms with Gasteiger partial charge in [0.25, 0.3) is 0 Å². The van der Waals surface area contributed by atoms with E-state index >= 15 is 0 Å². The highest BCUT2D eigenvalue weighted by Crippen LogP contribution is 2.16. The molecule has 0 saturated carbocycles. The summed E-state index contributed by atoms with van der Waals surface area (Å²) in [5.41, 5.74) is 0. The van der Waals surface area contributed by atoms with Gasteiger partial charge in [0.15, 0.2) is 6.10 Å². The molecule has 0 aromatic heterocycles. The van der Waals surface area contributed by atoms with Crippen LogP contribution in [0.5, 0.6) is 0 Å². The quantitative estimate of drug-likeness (QED) is 0.0262. The van der Waals surface area contributed by atoms with Crippen LogP contribution < -0.4 is 0 Å². The molecule has 0 rings (SSSR count). The van der Waals surface area contributed by atoms with Crippen LogP contribution in [0.2, 0.25) is 0 Å². The first-order chi connectivity index (χ1) is 33.0. The molecule has 0 saturated heterocycles. The van der Waals surface area contributed by atoms with Gasteiger partial charge in [0.2, 0.25) is 0 Å². The summed E-state index contributed by atoms with van der Waals surface area (Å²) in [6, 6.07) is 0. The monoisotopic (exact) mass is 933 g/mol. The second kappa shape index (κ2) is 55.2. The van der Waals surface area contributed by atoms with Crippen molar-refractivity contribution in [1.82, 2.24) is 0 Å². The molecule has 0 amide bonds. The maximum Gasteiger partial charge on any atom is 0.309 e. The Balaban J connectivity index is 4.48. The molecule has 67 heavy (non-hydrogen) atoms. The number of esters is 3. The maximum atomic E-state index is 12.8. The average Bonchev–Trinajstić information content (AvgIpc) is 3.33. The fourth-order valence-electron chi connectivity index (χ4n) is 7.72. The number of hydrogen-bond donors (Lipinski definition) is 0. The summed E-state index contributed by atoms with van der Waals surface area (Å²) in [4.78, 5) is 38.1. The molecule has 0 bridgehead atoms. The summed E-state index contributed by atoms with van der Waals surface area (Å²) in [7, 11) is 0. The van der Waals surface area contributed by atoms with Crippen LogP contribution in [0.25, 0.3) is 0 Å². The normalized spacial score (nSPS) is 12.7. The number of ether oxygens (including phenoxy) is 3. The molecule has 0 aliphatic rings. The number of hydrogen-bond acceptors (Lipinski definition) is 6. The molecule has 6 heteroatoms. The van der Waals surface area contributed by atoms with E-state index in [9.17, 15) is 14.4 Å². The standard InChI is InChI=1S/C61H104O6/c1-4-7-10-13-16-19-22-25-28-30-33-36-39-42-45-48-51-54-60(63)66-57-58(56-65-59(62)53-50-47-44-41-38-35-32-27-24-21-18-15-12-9-6-3)67-61(64)55-52-49-46-43-40-37-34-31-29-26-23-20-17-14-11-8-5-2/h9,12,16,18-19,21,25,27-28,32,38,41,47,50,58H,4-8,10-11,13-15,17,20,22-24,26,29-31,33-37,39-40,42-46,48-49,51-57H2,1-3H3/b12-9-,19-16-,21-18-,28-25-,32-27-,41-38-,50-47-. The summed E-state index contributed by atoms with van der Waals surface area (Å²) in [6.07, 6.45) is 71.7. The number of carbonyl (C=O) groups excluding carboxylic acids is 3. The smallest absolute Gasteiger partial charge is 0.309 e. The van der Waals surface area contributed by atoms with E-state index in [1.165, 1.54) is 141 Å². The summed E-state index contributed by atoms with van der Waals surface area (Å²) in [5, 5.41) is 0. The van der Waals surface area contributed by atoms with Gasteiger partial charge in [-0.3, -0.25) is 14.4 Å². The molecule has 0 aromatic carbocycles. The van der Waals surface area contributed by atoms with Crippen molar-refractivity contribution in [2.75, 3.05) is 13.2 Å². The van der Waals surface area contributed by atoms with Gasteiger partial charge in [-0.2, -0.15) is 0 Å². The Labute approximate surface area is 414 Å². The van der Waals surface area contributed by atoms with Crippen LogP contribution in [0.1, 0.15) is 265 Å². The molecule has 0 N–H and O–H groups in total. The molecule has 384 valence electrons. The fourth-order valence-corrected chi connectivity index (χ4v) is 7.72. The Bertz CT molecular complexity index is 1300. The van der Waals surface area contributed by atoms with Gasteiger partial charge in [0, 0.05) is 12.8 Å². The second-order valence-corrected chi connectivity index (χ2v) is 18.5. The molecule has 0 radical (unpaired) electrons. The highest BCUT2D eigenvalue weighted by Gasteiger charge is 2.19. The molecule has 0 heterocycles. The average molecular weight is 933 g/mol. The summed E-state index contributed by atoms with van der Waals surface area (Å²) < 4.78 is 16.7. The van der Waals surface area contributed by atoms with Gasteiger partial charge in [-0.05, 0) is 77.0 Å². The van der Waals surface area contributed by atoms with E-state index in [4.69, 9.17) is 14.2 Å². The molecule has 0 fully saturated rings. The zero-order valence-corrected chi connectivity index (χ0v) is 43.9. The first-order valence-corrected chi connectivity index (χ1v) is 28.1. The summed E-state index contributed by atoms with van der Waals surface area (Å²) >= 11 is 0. The fraction of sp³-hybridized carbons (Fsp3) is 0.721. The predicted molar refractivity (Wildman–Crippen MR) is 288 cm³/mol. The van der Waals surface area contributed by atoms with Crippen molar-refractivity contribution in [3.63, 3.8) is 0 Å². The van der Waals surface area contributed by atoms with Gasteiger partial charge in [-0.25, -0.2) is 0 Å². The van der Waals surface area contributed by atoms with Gasteiger partial charge in [-0.1, -0.05) is 254 Å². The van der Waals surface area contributed by atoms with Gasteiger partial charge in [0.1, 0.15) is 13.2 Å². The Morgan fingerprint density at radius 2 is 0.642 bits per heavy atom. The first-order valence-electron chi connectivity index (χ1n) is 28.1. The summed E-state index contributed by atoms with van der Waals surface area (Å²) in [5.74, 6) is -1.04. The molecular formula is C61H104O6. The van der Waals surface area contributed by atoms with E-state index in [0.29, 0.717) is 12.8 Å². The van der Waals surface area contributed by atoms with Gasteiger partial charge in [0.05, 0.1) is 6.42 Å². The number of carbonyl (C=O) groups is 3. The van der Waals surface area contributed by atoms with Crippen LogP contribution in [0.15, 0.2) is 85.1 Å². The Hall–Kier alpha value is -3.41. The van der Waals surface area contributed by atoms with Crippen molar-refractivity contribution in [2.24, 2.45) is 0 Å². The first kappa shape index (κ1) is 63.6. The van der Waals surface area contributed by atoms with Crippen molar-refractivity contribution in [1.29, 1.82) is 0 Å². The highest BCUT2D eigenvalue weighted by molar-refractivity contribution is 5.72. The summed E-state index contributed by atoms with van der Waals surface area (Å²) in [6.45, 7) is 6.42. The molecule has 1 unspecified atom stereocenters. The van der Waals surface area contributed by atoms with Crippen molar-refractivity contribution < 1.29 is 28.6 Å². The largest absolute Gasteiger partial charge is 0.462 e. The second-order valence-electron chi connectivity index (χ2n) is 18.5. The minimum atomic E-state index is -0.818. The lowest BCUT2D eigenvalue weighted by molar-refractivity contribution is -0.166. The Kier molecular flexibility index (Phi) is 52.4. The van der Waals surface area contributed by atoms with E-state index in [1.807, 2.05) is 6.08 Å². The molecule has 0 aliphatic heterocycles. The van der Waals surface area contributed by atoms with E-state index in [1.54, 1.807) is 6.08 Å². The number of allylic oxidation sites excluding steroid dienone is 13. The van der Waals surface area contributed by atoms with Gasteiger partial charge in [-0.15, -0.1) is 0 Å². The predicted octanol–water partition coefficient (Wildman–Crippen LogP) is 18.8. The third-order valence-corrected chi connectivity index (χ3v) is 11.9. The lowest BCUT2D eigenvalue weighted by Crippen LogP contribution is -2.30. The number of unbranched alkanes of at least 4 members (excludes halogenated alkanes) is 26. The van der Waals surface area contributed by atoms with E-state index in [2.05, 4.69) is 93.7 Å². The lowest BCUT2D eigenvalue weighted by Gasteiger charge is -2.18. The van der Waals surface area contributed by atoms with Crippen molar-refractivity contribution in [3.05, 3.63) is 85.1 Å². The van der Waals surface area contributed by atoms with Gasteiger partial charge >= 0.3 is 17.9 Å². The van der Waals surface area contributed by atoms with Crippen LogP contribution in [-0.4, -0.2) is 37.2 Å². The Morgan fingerprint density at radius 1 is 0.328 bits per heavy atom. The van der Waals surface area contributed by atoms with Crippen molar-refractivity contribution in [3.8, 4) is 0 Å².